The summed E-state index contributed by atoms with van der Waals surface area (Å²) in [5, 5.41) is 2.78. The highest BCUT2D eigenvalue weighted by Crippen LogP contribution is 2.29. The number of carbonyl (C=O) groups excluding carboxylic acids is 1. The molecule has 0 radical (unpaired) electrons. The molecule has 5 nitrogen and oxygen atoms in total. The Bertz CT molecular complexity index is 697. The van der Waals surface area contributed by atoms with Gasteiger partial charge in [-0.1, -0.05) is 26.0 Å². The predicted octanol–water partition coefficient (Wildman–Crippen LogP) is 4.23. The molecule has 0 aromatic heterocycles. The van der Waals surface area contributed by atoms with Gasteiger partial charge in [-0.25, -0.2) is 0 Å². The fraction of sp³-hybridized carbons (Fsp3) is 0.350. The summed E-state index contributed by atoms with van der Waals surface area (Å²) >= 11 is 0. The van der Waals surface area contributed by atoms with E-state index in [0.29, 0.717) is 28.9 Å². The highest BCUT2D eigenvalue weighted by Gasteiger charge is 2.10. The van der Waals surface area contributed by atoms with Gasteiger partial charge in [0, 0.05) is 6.07 Å². The van der Waals surface area contributed by atoms with Crippen LogP contribution >= 0.6 is 0 Å². The Labute approximate surface area is 148 Å². The fourth-order valence-electron chi connectivity index (χ4n) is 2.37. The first-order chi connectivity index (χ1) is 12.1. The Hall–Kier alpha value is -2.69. The summed E-state index contributed by atoms with van der Waals surface area (Å²) in [6.07, 6.45) is 1.09. The first-order valence-electron chi connectivity index (χ1n) is 8.32. The maximum Gasteiger partial charge on any atom is 0.262 e. The number of anilines is 1. The van der Waals surface area contributed by atoms with E-state index in [-0.39, 0.29) is 12.5 Å². The smallest absolute Gasteiger partial charge is 0.262 e. The molecule has 2 aromatic carbocycles. The number of hydrogen-bond acceptors (Lipinski definition) is 4. The first-order valence-corrected chi connectivity index (χ1v) is 8.32. The highest BCUT2D eigenvalue weighted by atomic mass is 16.5. The van der Waals surface area contributed by atoms with Gasteiger partial charge in [0.25, 0.3) is 5.91 Å². The summed E-state index contributed by atoms with van der Waals surface area (Å²) in [6, 6.07) is 13.1. The topological polar surface area (TPSA) is 56.8 Å². The molecule has 134 valence electrons. The summed E-state index contributed by atoms with van der Waals surface area (Å²) in [7, 11) is 3.12. The minimum Gasteiger partial charge on any atom is -0.497 e. The average Bonchev–Trinajstić information content (AvgIpc) is 2.66. The molecule has 1 N–H and O–H groups in total. The van der Waals surface area contributed by atoms with Gasteiger partial charge >= 0.3 is 0 Å². The fourth-order valence-corrected chi connectivity index (χ4v) is 2.37. The summed E-state index contributed by atoms with van der Waals surface area (Å²) in [5.41, 5.74) is 1.84. The standard InChI is InChI=1S/C20H25NO4/c1-5-14(2)15-6-8-16(9-7-15)25-13-20(22)21-18-11-10-17(23-3)12-19(18)24-4/h6-12,14H,5,13H2,1-4H3,(H,21,22)/t14-/m0/s1. The van der Waals surface area contributed by atoms with E-state index in [9.17, 15) is 4.79 Å². The molecule has 0 aliphatic carbocycles. The van der Waals surface area contributed by atoms with Crippen LogP contribution in [0.3, 0.4) is 0 Å². The first kappa shape index (κ1) is 18.6. The third kappa shape index (κ3) is 5.14. The maximum atomic E-state index is 12.1. The van der Waals surface area contributed by atoms with Crippen LogP contribution in [0, 0.1) is 0 Å². The van der Waals surface area contributed by atoms with E-state index in [4.69, 9.17) is 14.2 Å². The van der Waals surface area contributed by atoms with E-state index in [0.717, 1.165) is 6.42 Å². The number of benzene rings is 2. The predicted molar refractivity (Wildman–Crippen MR) is 98.8 cm³/mol. The molecule has 25 heavy (non-hydrogen) atoms. The Kier molecular flexibility index (Phi) is 6.69. The van der Waals surface area contributed by atoms with Crippen molar-refractivity contribution in [3.05, 3.63) is 48.0 Å². The van der Waals surface area contributed by atoms with Crippen molar-refractivity contribution in [2.45, 2.75) is 26.2 Å². The van der Waals surface area contributed by atoms with Gasteiger partial charge in [0.1, 0.15) is 17.2 Å². The lowest BCUT2D eigenvalue weighted by molar-refractivity contribution is -0.118. The molecule has 5 heteroatoms. The van der Waals surface area contributed by atoms with Crippen molar-refractivity contribution in [3.63, 3.8) is 0 Å². The molecule has 1 amide bonds. The molecule has 2 aromatic rings. The normalized spacial score (nSPS) is 11.5. The summed E-state index contributed by atoms with van der Waals surface area (Å²) in [5.74, 6) is 2.12. The van der Waals surface area contributed by atoms with Crippen molar-refractivity contribution in [3.8, 4) is 17.2 Å². The van der Waals surface area contributed by atoms with Gasteiger partial charge in [0.15, 0.2) is 6.61 Å². The van der Waals surface area contributed by atoms with Gasteiger partial charge < -0.3 is 19.5 Å². The number of carbonyl (C=O) groups is 1. The van der Waals surface area contributed by atoms with Crippen molar-refractivity contribution >= 4 is 11.6 Å². The van der Waals surface area contributed by atoms with Gasteiger partial charge in [-0.2, -0.15) is 0 Å². The minimum atomic E-state index is -0.255. The molecule has 0 unspecified atom stereocenters. The SMILES string of the molecule is CC[C@H](C)c1ccc(OCC(=O)Nc2ccc(OC)cc2OC)cc1. The van der Waals surface area contributed by atoms with Crippen molar-refractivity contribution in [2.24, 2.45) is 0 Å². The van der Waals surface area contributed by atoms with E-state index in [1.165, 1.54) is 5.56 Å². The molecule has 0 heterocycles. The Morgan fingerprint density at radius 1 is 1.04 bits per heavy atom. The lowest BCUT2D eigenvalue weighted by Crippen LogP contribution is -2.20. The van der Waals surface area contributed by atoms with Gasteiger partial charge in [-0.3, -0.25) is 4.79 Å². The lowest BCUT2D eigenvalue weighted by Gasteiger charge is -2.13. The van der Waals surface area contributed by atoms with Crippen LogP contribution in [-0.4, -0.2) is 26.7 Å². The molecule has 0 aliphatic rings. The number of methoxy groups -OCH3 is 2. The van der Waals surface area contributed by atoms with Crippen molar-refractivity contribution in [1.82, 2.24) is 0 Å². The average molecular weight is 343 g/mol. The third-order valence-corrected chi connectivity index (χ3v) is 4.11. The van der Waals surface area contributed by atoms with Crippen LogP contribution < -0.4 is 19.5 Å². The maximum absolute atomic E-state index is 12.1. The summed E-state index contributed by atoms with van der Waals surface area (Å²) < 4.78 is 16.0. The summed E-state index contributed by atoms with van der Waals surface area (Å²) in [6.45, 7) is 4.27. The van der Waals surface area contributed by atoms with Crippen LogP contribution in [0.2, 0.25) is 0 Å². The highest BCUT2D eigenvalue weighted by molar-refractivity contribution is 5.93. The third-order valence-electron chi connectivity index (χ3n) is 4.11. The molecule has 0 aliphatic heterocycles. The zero-order valence-electron chi connectivity index (χ0n) is 15.2. The molecule has 0 fully saturated rings. The second kappa shape index (κ2) is 8.97. The number of amides is 1. The van der Waals surface area contributed by atoms with Crippen molar-refractivity contribution < 1.29 is 19.0 Å². The van der Waals surface area contributed by atoms with E-state index in [1.54, 1.807) is 32.4 Å². The van der Waals surface area contributed by atoms with E-state index in [1.807, 2.05) is 24.3 Å². The molecule has 1 atom stereocenters. The Balaban J connectivity index is 1.92. The lowest BCUT2D eigenvalue weighted by atomic mass is 9.99. The number of hydrogen-bond donors (Lipinski definition) is 1. The zero-order chi connectivity index (χ0) is 18.2. The molecule has 0 spiro atoms. The summed E-state index contributed by atoms with van der Waals surface area (Å²) in [4.78, 5) is 12.1. The largest absolute Gasteiger partial charge is 0.497 e. The number of ether oxygens (including phenoxy) is 3. The Morgan fingerprint density at radius 3 is 2.32 bits per heavy atom. The van der Waals surface area contributed by atoms with Gasteiger partial charge in [-0.15, -0.1) is 0 Å². The van der Waals surface area contributed by atoms with Gasteiger partial charge in [0.2, 0.25) is 0 Å². The van der Waals surface area contributed by atoms with Crippen LogP contribution in [0.25, 0.3) is 0 Å². The Morgan fingerprint density at radius 2 is 1.72 bits per heavy atom. The molecule has 0 saturated carbocycles. The van der Waals surface area contributed by atoms with Crippen LogP contribution in [0.5, 0.6) is 17.2 Å². The van der Waals surface area contributed by atoms with E-state index >= 15 is 0 Å². The molecule has 0 bridgehead atoms. The second-order valence-electron chi connectivity index (χ2n) is 5.78. The number of nitrogens with one attached hydrogen (secondary N) is 1. The molecular weight excluding hydrogens is 318 g/mol. The second-order valence-corrected chi connectivity index (χ2v) is 5.78. The van der Waals surface area contributed by atoms with E-state index < -0.39 is 0 Å². The quantitative estimate of drug-likeness (QED) is 0.779. The zero-order valence-corrected chi connectivity index (χ0v) is 15.2. The molecule has 0 saturated heterocycles. The van der Waals surface area contributed by atoms with Crippen LogP contribution in [0.4, 0.5) is 5.69 Å². The van der Waals surface area contributed by atoms with Gasteiger partial charge in [-0.05, 0) is 42.2 Å². The van der Waals surface area contributed by atoms with Crippen molar-refractivity contribution in [2.75, 3.05) is 26.1 Å². The minimum absolute atomic E-state index is 0.0716. The van der Waals surface area contributed by atoms with E-state index in [2.05, 4.69) is 19.2 Å². The van der Waals surface area contributed by atoms with Crippen molar-refractivity contribution in [1.29, 1.82) is 0 Å². The van der Waals surface area contributed by atoms with Gasteiger partial charge in [0.05, 0.1) is 19.9 Å². The monoisotopic (exact) mass is 343 g/mol. The molecular formula is C20H25NO4. The van der Waals surface area contributed by atoms with Crippen LogP contribution in [0.15, 0.2) is 42.5 Å². The van der Waals surface area contributed by atoms with Crippen LogP contribution in [-0.2, 0) is 4.79 Å². The van der Waals surface area contributed by atoms with Crippen LogP contribution in [0.1, 0.15) is 31.7 Å². The number of rotatable bonds is 8. The molecule has 2 rings (SSSR count).